The van der Waals surface area contributed by atoms with Gasteiger partial charge in [0.05, 0.1) is 26.9 Å². The predicted molar refractivity (Wildman–Crippen MR) is 136 cm³/mol. The average molecular weight is 538 g/mol. The zero-order chi connectivity index (χ0) is 28.4. The first kappa shape index (κ1) is 26.1. The number of rotatable bonds is 5. The molecular weight excluding hydrogens is 510 g/mol. The molecule has 0 radical (unpaired) electrons. The minimum atomic E-state index is -2.61. The van der Waals surface area contributed by atoms with Crippen LogP contribution in [0.2, 0.25) is 0 Å². The maximum Gasteiger partial charge on any atom is 0.255 e. The van der Waals surface area contributed by atoms with E-state index in [0.29, 0.717) is 33.9 Å². The Hall–Kier alpha value is -4.51. The lowest BCUT2D eigenvalue weighted by Gasteiger charge is -2.46. The van der Waals surface area contributed by atoms with Crippen LogP contribution in [0.25, 0.3) is 16.9 Å². The second kappa shape index (κ2) is 9.05. The summed E-state index contributed by atoms with van der Waals surface area (Å²) < 4.78 is 16.3. The number of phenols is 1. The number of amides is 1. The molecule has 3 atom stereocenters. The van der Waals surface area contributed by atoms with Gasteiger partial charge in [-0.1, -0.05) is 6.07 Å². The molecule has 5 rings (SSSR count). The number of ketones is 2. The molecule has 0 aliphatic heterocycles. The first-order valence-electron chi connectivity index (χ1n) is 12.1. The van der Waals surface area contributed by atoms with Crippen LogP contribution in [-0.2, 0) is 20.8 Å². The molecule has 204 valence electrons. The van der Waals surface area contributed by atoms with Gasteiger partial charge in [0, 0.05) is 17.9 Å². The summed E-state index contributed by atoms with van der Waals surface area (Å²) in [5, 5.41) is 44.2. The van der Waals surface area contributed by atoms with Gasteiger partial charge in [0.15, 0.2) is 22.9 Å². The average Bonchev–Trinajstić information content (AvgIpc) is 2.89. The van der Waals surface area contributed by atoms with Gasteiger partial charge in [-0.2, -0.15) is 0 Å². The third-order valence-corrected chi connectivity index (χ3v) is 7.92. The van der Waals surface area contributed by atoms with Crippen molar-refractivity contribution < 1.29 is 49.0 Å². The van der Waals surface area contributed by atoms with E-state index in [1.165, 1.54) is 27.4 Å². The van der Waals surface area contributed by atoms with Crippen LogP contribution in [0.4, 0.5) is 0 Å². The lowest BCUT2D eigenvalue weighted by molar-refractivity contribution is -0.147. The van der Waals surface area contributed by atoms with Gasteiger partial charge in [0.1, 0.15) is 22.8 Å². The molecule has 6 N–H and O–H groups in total. The number of nitrogens with two attached hydrogens (primary N) is 1. The van der Waals surface area contributed by atoms with E-state index in [-0.39, 0.29) is 36.1 Å². The van der Waals surface area contributed by atoms with E-state index in [2.05, 4.69) is 0 Å². The first-order valence-corrected chi connectivity index (χ1v) is 12.1. The number of carbonyl (C=O) groups excluding carboxylic acids is 3. The van der Waals surface area contributed by atoms with Crippen molar-refractivity contribution in [2.24, 2.45) is 17.6 Å². The lowest BCUT2D eigenvalue weighted by Crippen LogP contribution is -2.58. The lowest BCUT2D eigenvalue weighted by atomic mass is 9.59. The molecule has 0 bridgehead atoms. The third-order valence-electron chi connectivity index (χ3n) is 7.92. The topological polar surface area (TPSA) is 186 Å². The Morgan fingerprint density at radius 2 is 1.64 bits per heavy atom. The number of ether oxygens (including phenoxy) is 3. The molecule has 3 aliphatic carbocycles. The monoisotopic (exact) mass is 537 g/mol. The third kappa shape index (κ3) is 3.57. The number of carbonyl (C=O) groups is 3. The molecule has 3 aliphatic rings. The molecule has 2 aromatic carbocycles. The fourth-order valence-electron chi connectivity index (χ4n) is 6.13. The Morgan fingerprint density at radius 1 is 1.00 bits per heavy atom. The molecule has 11 nitrogen and oxygen atoms in total. The Balaban J connectivity index is 1.71. The van der Waals surface area contributed by atoms with Crippen molar-refractivity contribution >= 4 is 23.2 Å². The number of hydrogen-bond donors (Lipinski definition) is 5. The second-order valence-electron chi connectivity index (χ2n) is 9.81. The summed E-state index contributed by atoms with van der Waals surface area (Å²) in [6.45, 7) is 0. The van der Waals surface area contributed by atoms with Crippen LogP contribution in [0.3, 0.4) is 0 Å². The van der Waals surface area contributed by atoms with Gasteiger partial charge in [-0.05, 0) is 53.6 Å². The van der Waals surface area contributed by atoms with Gasteiger partial charge in [0.25, 0.3) is 5.91 Å². The zero-order valence-corrected chi connectivity index (χ0v) is 21.4. The SMILES string of the molecule is COc1cc(-c2ccc(O)c3c2CC2CC4CC(=O)C(C(N)=O)=C(O)C4(O)C(=O)C2=C3O)cc(OC)c1OC. The van der Waals surface area contributed by atoms with Crippen molar-refractivity contribution in [2.75, 3.05) is 21.3 Å². The fraction of sp³-hybridized carbons (Fsp3) is 0.321. The van der Waals surface area contributed by atoms with E-state index in [9.17, 15) is 34.8 Å². The maximum absolute atomic E-state index is 13.7. The van der Waals surface area contributed by atoms with Gasteiger partial charge < -0.3 is 40.4 Å². The smallest absolute Gasteiger partial charge is 0.255 e. The summed E-state index contributed by atoms with van der Waals surface area (Å²) in [7, 11) is 4.42. The van der Waals surface area contributed by atoms with Crippen molar-refractivity contribution in [3.8, 4) is 34.1 Å². The number of fused-ring (bicyclic) bond motifs is 3. The van der Waals surface area contributed by atoms with Gasteiger partial charge in [0.2, 0.25) is 11.5 Å². The van der Waals surface area contributed by atoms with Crippen molar-refractivity contribution in [1.29, 1.82) is 0 Å². The number of phenolic OH excluding ortho intramolecular Hbond substituents is 1. The minimum Gasteiger partial charge on any atom is -0.508 e. The molecule has 39 heavy (non-hydrogen) atoms. The van der Waals surface area contributed by atoms with Crippen molar-refractivity contribution in [3.05, 3.63) is 52.3 Å². The van der Waals surface area contributed by atoms with E-state index in [1.807, 2.05) is 0 Å². The maximum atomic E-state index is 13.7. The number of hydrogen-bond acceptors (Lipinski definition) is 10. The number of methoxy groups -OCH3 is 3. The molecule has 1 fully saturated rings. The van der Waals surface area contributed by atoms with Crippen LogP contribution in [0.5, 0.6) is 23.0 Å². The molecular formula is C28H27NO10. The predicted octanol–water partition coefficient (Wildman–Crippen LogP) is 2.12. The molecule has 11 heteroatoms. The summed E-state index contributed by atoms with van der Waals surface area (Å²) in [4.78, 5) is 38.0. The molecule has 0 spiro atoms. The van der Waals surface area contributed by atoms with Crippen LogP contribution < -0.4 is 19.9 Å². The molecule has 0 aromatic heterocycles. The first-order chi connectivity index (χ1) is 18.5. The highest BCUT2D eigenvalue weighted by molar-refractivity contribution is 6.22. The molecule has 0 saturated heterocycles. The van der Waals surface area contributed by atoms with E-state index in [1.54, 1.807) is 18.2 Å². The van der Waals surface area contributed by atoms with E-state index in [0.717, 1.165) is 0 Å². The van der Waals surface area contributed by atoms with Gasteiger partial charge >= 0.3 is 0 Å². The summed E-state index contributed by atoms with van der Waals surface area (Å²) in [6.07, 6.45) is -0.191. The Kier molecular flexibility index (Phi) is 6.06. The van der Waals surface area contributed by atoms with Crippen LogP contribution in [0.1, 0.15) is 24.0 Å². The standard InChI is InChI=1S/C28H27NO10/c1-37-18-8-11(9-19(38-2)24(18)39-3)14-4-5-16(30)21-15(14)7-12-6-13-10-17(31)22(27(29)35)26(34)28(13,36)25(33)20(12)23(21)32/h4-5,8-9,12-13,30,32,34,36H,6-7,10H2,1-3H3,(H2,29,35). The van der Waals surface area contributed by atoms with Gasteiger partial charge in [-0.15, -0.1) is 0 Å². The highest BCUT2D eigenvalue weighted by Crippen LogP contribution is 2.53. The Labute approximate surface area is 222 Å². The minimum absolute atomic E-state index is 0.00613. The van der Waals surface area contributed by atoms with E-state index < -0.39 is 52.0 Å². The summed E-state index contributed by atoms with van der Waals surface area (Å²) in [5.74, 6) is -5.62. The van der Waals surface area contributed by atoms with Crippen molar-refractivity contribution in [2.45, 2.75) is 24.9 Å². The summed E-state index contributed by atoms with van der Waals surface area (Å²) in [5.41, 5.74) is 3.33. The van der Waals surface area contributed by atoms with Crippen LogP contribution in [0.15, 0.2) is 41.2 Å². The number of Topliss-reactive ketones (excluding diaryl/α,β-unsaturated/α-hetero) is 2. The van der Waals surface area contributed by atoms with Crippen molar-refractivity contribution in [3.63, 3.8) is 0 Å². The number of benzene rings is 2. The molecule has 1 saturated carbocycles. The molecule has 1 amide bonds. The van der Waals surface area contributed by atoms with Gasteiger partial charge in [-0.3, -0.25) is 14.4 Å². The molecule has 0 heterocycles. The summed E-state index contributed by atoms with van der Waals surface area (Å²) >= 11 is 0. The van der Waals surface area contributed by atoms with Crippen molar-refractivity contribution in [1.82, 2.24) is 0 Å². The quantitative estimate of drug-likeness (QED) is 0.354. The highest BCUT2D eigenvalue weighted by atomic mass is 16.5. The number of primary amides is 1. The van der Waals surface area contributed by atoms with Crippen LogP contribution in [0, 0.1) is 11.8 Å². The summed E-state index contributed by atoms with van der Waals surface area (Å²) in [6, 6.07) is 6.44. The van der Waals surface area contributed by atoms with Crippen LogP contribution in [-0.4, -0.2) is 64.8 Å². The highest BCUT2D eigenvalue weighted by Gasteiger charge is 2.60. The number of aliphatic hydroxyl groups excluding tert-OH is 2. The second-order valence-corrected chi connectivity index (χ2v) is 9.81. The van der Waals surface area contributed by atoms with Crippen LogP contribution >= 0.6 is 0 Å². The normalized spacial score (nSPS) is 24.1. The molecule has 2 aromatic rings. The van der Waals surface area contributed by atoms with Gasteiger partial charge in [-0.25, -0.2) is 0 Å². The Morgan fingerprint density at radius 3 is 2.21 bits per heavy atom. The fourth-order valence-corrected chi connectivity index (χ4v) is 6.13. The van der Waals surface area contributed by atoms with E-state index in [4.69, 9.17) is 19.9 Å². The number of aliphatic hydroxyl groups is 3. The number of aromatic hydroxyl groups is 1. The largest absolute Gasteiger partial charge is 0.508 e. The molecule has 3 unspecified atom stereocenters. The Bertz CT molecular complexity index is 1500. The van der Waals surface area contributed by atoms with E-state index >= 15 is 0 Å². The zero-order valence-electron chi connectivity index (χ0n) is 21.4.